The zero-order valence-electron chi connectivity index (χ0n) is 9.12. The minimum atomic E-state index is -0.727. The van der Waals surface area contributed by atoms with Gasteiger partial charge < -0.3 is 16.0 Å². The van der Waals surface area contributed by atoms with E-state index in [-0.39, 0.29) is 24.8 Å². The third-order valence-electron chi connectivity index (χ3n) is 1.79. The van der Waals surface area contributed by atoms with Gasteiger partial charge in [0.1, 0.15) is 0 Å². The molecule has 0 radical (unpaired) electrons. The molecule has 0 aromatic carbocycles. The van der Waals surface area contributed by atoms with Crippen LogP contribution in [0.2, 0.25) is 0 Å². The molecule has 2 amide bonds. The quantitative estimate of drug-likeness (QED) is 0.569. The Balaban J connectivity index is 4.10. The Morgan fingerprint density at radius 2 is 2.20 bits per heavy atom. The maximum absolute atomic E-state index is 11.5. The Morgan fingerprint density at radius 3 is 2.67 bits per heavy atom. The molecule has 3 N–H and O–H groups in total. The van der Waals surface area contributed by atoms with Crippen LogP contribution in [-0.2, 0) is 9.59 Å². The molecular formula is C10H17N3O2. The third kappa shape index (κ3) is 5.03. The lowest BCUT2D eigenvalue weighted by atomic mass is 10.2. The summed E-state index contributed by atoms with van der Waals surface area (Å²) in [6.07, 6.45) is 5.22. The Bertz CT molecular complexity index is 270. The average Bonchev–Trinajstić information content (AvgIpc) is 2.17. The Morgan fingerprint density at radius 1 is 1.60 bits per heavy atom. The highest BCUT2D eigenvalue weighted by atomic mass is 16.2. The summed E-state index contributed by atoms with van der Waals surface area (Å²) in [7, 11) is 1.52. The van der Waals surface area contributed by atoms with Gasteiger partial charge in [-0.1, -0.05) is 0 Å². The highest BCUT2D eigenvalue weighted by Crippen LogP contribution is 1.93. The zero-order valence-corrected chi connectivity index (χ0v) is 9.12. The van der Waals surface area contributed by atoms with E-state index in [2.05, 4.69) is 11.2 Å². The zero-order chi connectivity index (χ0) is 11.8. The van der Waals surface area contributed by atoms with Crippen molar-refractivity contribution in [2.24, 2.45) is 5.73 Å². The third-order valence-corrected chi connectivity index (χ3v) is 1.79. The van der Waals surface area contributed by atoms with Crippen molar-refractivity contribution in [2.45, 2.75) is 19.4 Å². The van der Waals surface area contributed by atoms with Gasteiger partial charge >= 0.3 is 0 Å². The molecule has 0 aromatic rings. The number of amides is 2. The molecule has 0 aliphatic carbocycles. The fraction of sp³-hybridized carbons (Fsp3) is 0.600. The maximum atomic E-state index is 11.5. The second-order valence-corrected chi connectivity index (χ2v) is 3.16. The van der Waals surface area contributed by atoms with Crippen LogP contribution in [0.4, 0.5) is 0 Å². The highest BCUT2D eigenvalue weighted by molar-refractivity contribution is 5.87. The van der Waals surface area contributed by atoms with Gasteiger partial charge in [0.05, 0.1) is 12.6 Å². The van der Waals surface area contributed by atoms with Crippen molar-refractivity contribution in [3.8, 4) is 12.3 Å². The molecule has 15 heavy (non-hydrogen) atoms. The van der Waals surface area contributed by atoms with Crippen molar-refractivity contribution in [1.29, 1.82) is 0 Å². The van der Waals surface area contributed by atoms with Crippen molar-refractivity contribution in [1.82, 2.24) is 10.2 Å². The number of terminal acetylenes is 1. The van der Waals surface area contributed by atoms with E-state index in [1.54, 1.807) is 0 Å². The summed E-state index contributed by atoms with van der Waals surface area (Å²) in [5.74, 6) is 1.78. The normalized spacial score (nSPS) is 11.3. The predicted molar refractivity (Wildman–Crippen MR) is 57.7 cm³/mol. The average molecular weight is 211 g/mol. The number of nitrogens with two attached hydrogens (primary N) is 1. The lowest BCUT2D eigenvalue weighted by Crippen LogP contribution is -2.45. The van der Waals surface area contributed by atoms with E-state index in [0.29, 0.717) is 6.54 Å². The summed E-state index contributed by atoms with van der Waals surface area (Å²) in [6, 6.07) is -0.727. The van der Waals surface area contributed by atoms with Crippen LogP contribution in [0.15, 0.2) is 0 Å². The van der Waals surface area contributed by atoms with Crippen molar-refractivity contribution in [3.05, 3.63) is 0 Å². The van der Waals surface area contributed by atoms with Gasteiger partial charge in [-0.2, -0.15) is 0 Å². The number of likely N-dealkylation sites (N-methyl/N-ethyl adjacent to an activating group) is 2. The Labute approximate surface area is 90.0 Å². The van der Waals surface area contributed by atoms with Crippen LogP contribution in [0.3, 0.4) is 0 Å². The molecule has 0 heterocycles. The summed E-state index contributed by atoms with van der Waals surface area (Å²) >= 11 is 0. The lowest BCUT2D eigenvalue weighted by Gasteiger charge is -2.19. The van der Waals surface area contributed by atoms with E-state index in [1.165, 1.54) is 11.9 Å². The molecule has 5 heteroatoms. The number of hydrogen-bond acceptors (Lipinski definition) is 3. The second kappa shape index (κ2) is 6.85. The lowest BCUT2D eigenvalue weighted by molar-refractivity contribution is -0.135. The molecule has 0 bridgehead atoms. The van der Waals surface area contributed by atoms with Crippen LogP contribution in [0, 0.1) is 12.3 Å². The summed E-state index contributed by atoms with van der Waals surface area (Å²) in [5, 5.41) is 2.59. The number of carbonyl (C=O) groups excluding carboxylic acids is 2. The van der Waals surface area contributed by atoms with Crippen LogP contribution in [0.1, 0.15) is 13.3 Å². The molecule has 0 spiro atoms. The first-order chi connectivity index (χ1) is 7.02. The summed E-state index contributed by atoms with van der Waals surface area (Å²) < 4.78 is 0. The van der Waals surface area contributed by atoms with Crippen LogP contribution < -0.4 is 11.1 Å². The first kappa shape index (κ1) is 13.5. The first-order valence-corrected chi connectivity index (χ1v) is 4.73. The van der Waals surface area contributed by atoms with Crippen LogP contribution in [0.5, 0.6) is 0 Å². The topological polar surface area (TPSA) is 75.4 Å². The fourth-order valence-corrected chi connectivity index (χ4v) is 1.04. The van der Waals surface area contributed by atoms with Crippen LogP contribution in [-0.4, -0.2) is 42.9 Å². The van der Waals surface area contributed by atoms with Crippen molar-refractivity contribution in [3.63, 3.8) is 0 Å². The molecule has 1 atom stereocenters. The minimum absolute atomic E-state index is 0.00491. The Kier molecular flexibility index (Phi) is 6.14. The standard InChI is InChI=1S/C10H17N3O2/c1-4-6-8(11)10(15)13(3)7-9(14)12-5-2/h1,8H,5-7,11H2,2-3H3,(H,12,14). The van der Waals surface area contributed by atoms with Crippen molar-refractivity contribution >= 4 is 11.8 Å². The van der Waals surface area contributed by atoms with E-state index in [0.717, 1.165) is 0 Å². The van der Waals surface area contributed by atoms with E-state index < -0.39 is 6.04 Å². The Hall–Kier alpha value is -1.54. The van der Waals surface area contributed by atoms with E-state index >= 15 is 0 Å². The SMILES string of the molecule is C#CCC(N)C(=O)N(C)CC(=O)NCC. The summed E-state index contributed by atoms with van der Waals surface area (Å²) in [6.45, 7) is 2.35. The van der Waals surface area contributed by atoms with Gasteiger partial charge in [-0.25, -0.2) is 0 Å². The predicted octanol–water partition coefficient (Wildman–Crippen LogP) is -1.07. The van der Waals surface area contributed by atoms with Gasteiger partial charge in [0.2, 0.25) is 11.8 Å². The van der Waals surface area contributed by atoms with Crippen molar-refractivity contribution in [2.75, 3.05) is 20.1 Å². The second-order valence-electron chi connectivity index (χ2n) is 3.16. The highest BCUT2D eigenvalue weighted by Gasteiger charge is 2.18. The number of nitrogens with zero attached hydrogens (tertiary/aromatic N) is 1. The fourth-order valence-electron chi connectivity index (χ4n) is 1.04. The largest absolute Gasteiger partial charge is 0.355 e. The molecule has 0 saturated carbocycles. The minimum Gasteiger partial charge on any atom is -0.355 e. The van der Waals surface area contributed by atoms with Gasteiger partial charge in [-0.3, -0.25) is 9.59 Å². The molecular weight excluding hydrogens is 194 g/mol. The summed E-state index contributed by atoms with van der Waals surface area (Å²) in [4.78, 5) is 23.9. The smallest absolute Gasteiger partial charge is 0.240 e. The molecule has 0 aromatic heterocycles. The molecule has 0 rings (SSSR count). The summed E-state index contributed by atoms with van der Waals surface area (Å²) in [5.41, 5.74) is 5.51. The number of carbonyl (C=O) groups is 2. The van der Waals surface area contributed by atoms with Gasteiger partial charge in [0, 0.05) is 20.0 Å². The number of hydrogen-bond donors (Lipinski definition) is 2. The molecule has 0 aliphatic heterocycles. The van der Waals surface area contributed by atoms with Gasteiger partial charge in [-0.05, 0) is 6.92 Å². The van der Waals surface area contributed by atoms with Crippen LogP contribution >= 0.6 is 0 Å². The first-order valence-electron chi connectivity index (χ1n) is 4.73. The molecule has 0 saturated heterocycles. The molecule has 1 unspecified atom stereocenters. The van der Waals surface area contributed by atoms with Gasteiger partial charge in [-0.15, -0.1) is 12.3 Å². The monoisotopic (exact) mass is 211 g/mol. The molecule has 84 valence electrons. The van der Waals surface area contributed by atoms with Gasteiger partial charge in [0.25, 0.3) is 0 Å². The van der Waals surface area contributed by atoms with E-state index in [1.807, 2.05) is 6.92 Å². The maximum Gasteiger partial charge on any atom is 0.240 e. The van der Waals surface area contributed by atoms with E-state index in [9.17, 15) is 9.59 Å². The van der Waals surface area contributed by atoms with Crippen LogP contribution in [0.25, 0.3) is 0 Å². The van der Waals surface area contributed by atoms with Crippen molar-refractivity contribution < 1.29 is 9.59 Å². The van der Waals surface area contributed by atoms with Gasteiger partial charge in [0.15, 0.2) is 0 Å². The molecule has 0 fully saturated rings. The molecule has 0 aliphatic rings. The number of rotatable bonds is 5. The molecule has 5 nitrogen and oxygen atoms in total. The van der Waals surface area contributed by atoms with E-state index in [4.69, 9.17) is 12.2 Å². The number of nitrogens with one attached hydrogen (secondary N) is 1.